The van der Waals surface area contributed by atoms with Gasteiger partial charge in [-0.1, -0.05) is 15.9 Å². The molecule has 1 aromatic rings. The van der Waals surface area contributed by atoms with Crippen molar-refractivity contribution in [2.45, 2.75) is 25.8 Å². The summed E-state index contributed by atoms with van der Waals surface area (Å²) in [5.74, 6) is 0.871. The number of hydrogen-bond donors (Lipinski definition) is 2. The first kappa shape index (κ1) is 13.5. The molecule has 0 aromatic heterocycles. The summed E-state index contributed by atoms with van der Waals surface area (Å²) in [6.07, 6.45) is 1.81. The van der Waals surface area contributed by atoms with Gasteiger partial charge in [-0.3, -0.25) is 0 Å². The summed E-state index contributed by atoms with van der Waals surface area (Å²) in [6, 6.07) is 5.92. The highest BCUT2D eigenvalue weighted by Crippen LogP contribution is 2.29. The summed E-state index contributed by atoms with van der Waals surface area (Å²) in [4.78, 5) is 0. The third kappa shape index (κ3) is 3.77. The van der Waals surface area contributed by atoms with E-state index in [1.54, 1.807) is 0 Å². The molecule has 0 saturated heterocycles. The molecule has 0 spiro atoms. The van der Waals surface area contributed by atoms with Crippen LogP contribution in [0.4, 0.5) is 0 Å². The molecule has 0 bridgehead atoms. The molecule has 0 aliphatic rings. The Labute approximate surface area is 105 Å². The highest BCUT2D eigenvalue weighted by Gasteiger charge is 2.12. The molecule has 0 saturated carbocycles. The average molecular weight is 287 g/mol. The van der Waals surface area contributed by atoms with Crippen LogP contribution in [0.5, 0.6) is 5.75 Å². The summed E-state index contributed by atoms with van der Waals surface area (Å²) in [5.41, 5.74) is 12.7. The van der Waals surface area contributed by atoms with Crippen LogP contribution in [-0.2, 0) is 0 Å². The smallest absolute Gasteiger partial charge is 0.124 e. The molecule has 0 aliphatic heterocycles. The van der Waals surface area contributed by atoms with Crippen LogP contribution in [0.1, 0.15) is 31.4 Å². The first-order chi connectivity index (χ1) is 7.69. The van der Waals surface area contributed by atoms with Gasteiger partial charge in [0.25, 0.3) is 0 Å². The molecular weight excluding hydrogens is 268 g/mol. The first-order valence-electron chi connectivity index (χ1n) is 5.57. The van der Waals surface area contributed by atoms with E-state index >= 15 is 0 Å². The summed E-state index contributed by atoms with van der Waals surface area (Å²) in [6.45, 7) is 3.29. The van der Waals surface area contributed by atoms with Crippen LogP contribution >= 0.6 is 15.9 Å². The molecule has 0 radical (unpaired) electrons. The van der Waals surface area contributed by atoms with Crippen LogP contribution in [-0.4, -0.2) is 13.2 Å². The first-order valence-corrected chi connectivity index (χ1v) is 6.36. The van der Waals surface area contributed by atoms with Crippen molar-refractivity contribution in [1.82, 2.24) is 0 Å². The maximum atomic E-state index is 6.12. The van der Waals surface area contributed by atoms with E-state index in [0.717, 1.165) is 28.6 Å². The quantitative estimate of drug-likeness (QED) is 0.845. The van der Waals surface area contributed by atoms with Gasteiger partial charge in [-0.15, -0.1) is 0 Å². The SMILES string of the molecule is CCOc1ccc(Br)cc1[C@H](N)CCCN. The third-order valence-corrected chi connectivity index (χ3v) is 2.88. The Morgan fingerprint density at radius 1 is 1.44 bits per heavy atom. The molecule has 1 aromatic carbocycles. The number of nitrogens with two attached hydrogens (primary N) is 2. The van der Waals surface area contributed by atoms with Crippen LogP contribution < -0.4 is 16.2 Å². The number of ether oxygens (including phenoxy) is 1. The topological polar surface area (TPSA) is 61.3 Å². The Morgan fingerprint density at radius 2 is 2.19 bits per heavy atom. The number of hydrogen-bond acceptors (Lipinski definition) is 3. The van der Waals surface area contributed by atoms with Crippen LogP contribution in [0.25, 0.3) is 0 Å². The standard InChI is InChI=1S/C12H19BrN2O/c1-2-16-12-6-5-9(13)8-10(12)11(15)4-3-7-14/h5-6,8,11H,2-4,7,14-15H2,1H3/t11-/m1/s1. The largest absolute Gasteiger partial charge is 0.494 e. The van der Waals surface area contributed by atoms with Crippen molar-refractivity contribution in [2.75, 3.05) is 13.2 Å². The van der Waals surface area contributed by atoms with E-state index in [4.69, 9.17) is 16.2 Å². The molecule has 16 heavy (non-hydrogen) atoms. The number of halogens is 1. The zero-order valence-corrected chi connectivity index (χ0v) is 11.2. The molecule has 0 unspecified atom stereocenters. The highest BCUT2D eigenvalue weighted by molar-refractivity contribution is 9.10. The van der Waals surface area contributed by atoms with Gasteiger partial charge in [0.2, 0.25) is 0 Å². The molecule has 0 fully saturated rings. The van der Waals surface area contributed by atoms with E-state index < -0.39 is 0 Å². The van der Waals surface area contributed by atoms with E-state index in [9.17, 15) is 0 Å². The maximum Gasteiger partial charge on any atom is 0.124 e. The van der Waals surface area contributed by atoms with Gasteiger partial charge in [-0.2, -0.15) is 0 Å². The molecule has 90 valence electrons. The minimum absolute atomic E-state index is 0.0115. The van der Waals surface area contributed by atoms with Crippen LogP contribution in [0.15, 0.2) is 22.7 Å². The summed E-state index contributed by atoms with van der Waals surface area (Å²) in [5, 5.41) is 0. The van der Waals surface area contributed by atoms with Gasteiger partial charge < -0.3 is 16.2 Å². The van der Waals surface area contributed by atoms with Gasteiger partial charge in [0.15, 0.2) is 0 Å². The Hall–Kier alpha value is -0.580. The lowest BCUT2D eigenvalue weighted by Gasteiger charge is -2.16. The predicted molar refractivity (Wildman–Crippen MR) is 70.5 cm³/mol. The lowest BCUT2D eigenvalue weighted by molar-refractivity contribution is 0.333. The van der Waals surface area contributed by atoms with E-state index in [-0.39, 0.29) is 6.04 Å². The molecule has 0 amide bonds. The van der Waals surface area contributed by atoms with Crippen molar-refractivity contribution < 1.29 is 4.74 Å². The van der Waals surface area contributed by atoms with Gasteiger partial charge in [0.05, 0.1) is 6.61 Å². The molecular formula is C12H19BrN2O. The Balaban J connectivity index is 2.85. The fourth-order valence-corrected chi connectivity index (χ4v) is 1.97. The van der Waals surface area contributed by atoms with Crippen LogP contribution in [0, 0.1) is 0 Å². The van der Waals surface area contributed by atoms with Crippen molar-refractivity contribution in [3.8, 4) is 5.75 Å². The second kappa shape index (κ2) is 6.89. The summed E-state index contributed by atoms with van der Waals surface area (Å²) < 4.78 is 6.58. The van der Waals surface area contributed by atoms with Crippen molar-refractivity contribution in [1.29, 1.82) is 0 Å². The van der Waals surface area contributed by atoms with Gasteiger partial charge in [0.1, 0.15) is 5.75 Å². The predicted octanol–water partition coefficient (Wildman–Crippen LogP) is 2.59. The molecule has 4 heteroatoms. The fraction of sp³-hybridized carbons (Fsp3) is 0.500. The van der Waals surface area contributed by atoms with Gasteiger partial charge >= 0.3 is 0 Å². The molecule has 0 heterocycles. The van der Waals surface area contributed by atoms with E-state index in [0.29, 0.717) is 13.2 Å². The summed E-state index contributed by atoms with van der Waals surface area (Å²) >= 11 is 3.45. The second-order valence-electron chi connectivity index (χ2n) is 3.65. The molecule has 1 rings (SSSR count). The molecule has 3 nitrogen and oxygen atoms in total. The average Bonchev–Trinajstić information content (AvgIpc) is 2.28. The van der Waals surface area contributed by atoms with Crippen molar-refractivity contribution in [3.05, 3.63) is 28.2 Å². The molecule has 4 N–H and O–H groups in total. The van der Waals surface area contributed by atoms with Crippen molar-refractivity contribution in [2.24, 2.45) is 11.5 Å². The normalized spacial score (nSPS) is 12.5. The minimum atomic E-state index is -0.0115. The zero-order chi connectivity index (χ0) is 12.0. The number of rotatable bonds is 6. The van der Waals surface area contributed by atoms with Crippen LogP contribution in [0.2, 0.25) is 0 Å². The number of benzene rings is 1. The van der Waals surface area contributed by atoms with Crippen LogP contribution in [0.3, 0.4) is 0 Å². The molecule has 0 aliphatic carbocycles. The Morgan fingerprint density at radius 3 is 2.81 bits per heavy atom. The van der Waals surface area contributed by atoms with E-state index in [1.807, 2.05) is 25.1 Å². The van der Waals surface area contributed by atoms with E-state index in [2.05, 4.69) is 15.9 Å². The van der Waals surface area contributed by atoms with Crippen molar-refractivity contribution >= 4 is 15.9 Å². The Kier molecular flexibility index (Phi) is 5.80. The van der Waals surface area contributed by atoms with Gasteiger partial charge in [0, 0.05) is 16.1 Å². The third-order valence-electron chi connectivity index (χ3n) is 2.39. The summed E-state index contributed by atoms with van der Waals surface area (Å²) in [7, 11) is 0. The van der Waals surface area contributed by atoms with Crippen molar-refractivity contribution in [3.63, 3.8) is 0 Å². The second-order valence-corrected chi connectivity index (χ2v) is 4.57. The lowest BCUT2D eigenvalue weighted by atomic mass is 10.0. The lowest BCUT2D eigenvalue weighted by Crippen LogP contribution is -2.14. The zero-order valence-electron chi connectivity index (χ0n) is 9.58. The Bertz CT molecular complexity index is 331. The highest BCUT2D eigenvalue weighted by atomic mass is 79.9. The monoisotopic (exact) mass is 286 g/mol. The van der Waals surface area contributed by atoms with Gasteiger partial charge in [-0.25, -0.2) is 0 Å². The maximum absolute atomic E-state index is 6.12. The fourth-order valence-electron chi connectivity index (χ4n) is 1.59. The minimum Gasteiger partial charge on any atom is -0.494 e. The van der Waals surface area contributed by atoms with Gasteiger partial charge in [-0.05, 0) is 44.5 Å². The molecule has 1 atom stereocenters. The van der Waals surface area contributed by atoms with E-state index in [1.165, 1.54) is 0 Å².